The van der Waals surface area contributed by atoms with Crippen molar-refractivity contribution < 1.29 is 4.79 Å². The first kappa shape index (κ1) is 20.8. The molecule has 1 amide bonds. The molecule has 156 valence electrons. The molecule has 31 heavy (non-hydrogen) atoms. The molecule has 0 unspecified atom stereocenters. The Balaban J connectivity index is 1.55. The minimum Gasteiger partial charge on any atom is -0.325 e. The van der Waals surface area contributed by atoms with Crippen molar-refractivity contribution in [2.45, 2.75) is 25.5 Å². The van der Waals surface area contributed by atoms with Gasteiger partial charge in [0.1, 0.15) is 5.69 Å². The smallest absolute Gasteiger partial charge is 0.234 e. The van der Waals surface area contributed by atoms with Crippen molar-refractivity contribution in [3.63, 3.8) is 0 Å². The number of pyridine rings is 1. The van der Waals surface area contributed by atoms with E-state index < -0.39 is 0 Å². The van der Waals surface area contributed by atoms with Crippen LogP contribution in [-0.4, -0.2) is 31.4 Å². The van der Waals surface area contributed by atoms with Crippen LogP contribution in [0.15, 0.2) is 78.1 Å². The number of para-hydroxylation sites is 1. The molecule has 2 aromatic carbocycles. The van der Waals surface area contributed by atoms with E-state index in [9.17, 15) is 4.79 Å². The van der Waals surface area contributed by atoms with E-state index in [-0.39, 0.29) is 11.7 Å². The molecule has 0 bridgehead atoms. The SMILES string of the molecule is Cc1cccc(C)c1NC(=O)CSc1nnc(-c2ccccn2)n1Cc1ccccc1. The molecule has 2 aromatic heterocycles. The summed E-state index contributed by atoms with van der Waals surface area (Å²) in [7, 11) is 0. The number of nitrogens with zero attached hydrogens (tertiary/aromatic N) is 4. The third-order valence-electron chi connectivity index (χ3n) is 4.87. The number of hydrogen-bond acceptors (Lipinski definition) is 5. The Labute approximate surface area is 185 Å². The van der Waals surface area contributed by atoms with Crippen LogP contribution in [0.2, 0.25) is 0 Å². The van der Waals surface area contributed by atoms with Gasteiger partial charge in [0.25, 0.3) is 0 Å². The maximum absolute atomic E-state index is 12.6. The number of aromatic nitrogens is 4. The first-order valence-electron chi connectivity index (χ1n) is 9.99. The number of benzene rings is 2. The minimum atomic E-state index is -0.0731. The lowest BCUT2D eigenvalue weighted by molar-refractivity contribution is -0.113. The van der Waals surface area contributed by atoms with E-state index in [0.29, 0.717) is 17.5 Å². The third kappa shape index (κ3) is 5.00. The van der Waals surface area contributed by atoms with Crippen LogP contribution in [0.4, 0.5) is 5.69 Å². The summed E-state index contributed by atoms with van der Waals surface area (Å²) in [6.45, 7) is 4.58. The highest BCUT2D eigenvalue weighted by Gasteiger charge is 2.17. The van der Waals surface area contributed by atoms with Crippen molar-refractivity contribution in [3.8, 4) is 11.5 Å². The Morgan fingerprint density at radius 2 is 1.68 bits per heavy atom. The molecule has 0 saturated heterocycles. The maximum Gasteiger partial charge on any atom is 0.234 e. The molecule has 0 saturated carbocycles. The highest BCUT2D eigenvalue weighted by atomic mass is 32.2. The number of carbonyl (C=O) groups is 1. The van der Waals surface area contributed by atoms with Gasteiger partial charge in [0, 0.05) is 11.9 Å². The van der Waals surface area contributed by atoms with Gasteiger partial charge in [-0.1, -0.05) is 66.4 Å². The van der Waals surface area contributed by atoms with Crippen LogP contribution < -0.4 is 5.32 Å². The Morgan fingerprint density at radius 3 is 2.39 bits per heavy atom. The lowest BCUT2D eigenvalue weighted by Crippen LogP contribution is -2.16. The van der Waals surface area contributed by atoms with Crippen LogP contribution in [0, 0.1) is 13.8 Å². The second-order valence-corrected chi connectivity index (χ2v) is 8.14. The number of anilines is 1. The molecule has 0 atom stereocenters. The van der Waals surface area contributed by atoms with Gasteiger partial charge in [-0.25, -0.2) is 0 Å². The monoisotopic (exact) mass is 429 g/mol. The zero-order valence-electron chi connectivity index (χ0n) is 17.4. The number of amides is 1. The van der Waals surface area contributed by atoms with Gasteiger partial charge in [-0.2, -0.15) is 0 Å². The Hall–Kier alpha value is -3.45. The van der Waals surface area contributed by atoms with Crippen LogP contribution >= 0.6 is 11.8 Å². The average Bonchev–Trinajstić information content (AvgIpc) is 3.18. The van der Waals surface area contributed by atoms with E-state index in [4.69, 9.17) is 0 Å². The molecule has 0 fully saturated rings. The van der Waals surface area contributed by atoms with Crippen molar-refractivity contribution in [1.82, 2.24) is 19.7 Å². The molecule has 0 aliphatic carbocycles. The van der Waals surface area contributed by atoms with Crippen LogP contribution in [-0.2, 0) is 11.3 Å². The van der Waals surface area contributed by atoms with Crippen molar-refractivity contribution in [2.24, 2.45) is 0 Å². The Kier molecular flexibility index (Phi) is 6.43. The first-order valence-corrected chi connectivity index (χ1v) is 11.0. The summed E-state index contributed by atoms with van der Waals surface area (Å²) in [5, 5.41) is 12.4. The molecule has 0 aliphatic heterocycles. The Bertz CT molecular complexity index is 1160. The van der Waals surface area contributed by atoms with Gasteiger partial charge in [-0.3, -0.25) is 14.3 Å². The van der Waals surface area contributed by atoms with E-state index in [0.717, 1.165) is 28.1 Å². The van der Waals surface area contributed by atoms with Crippen LogP contribution in [0.1, 0.15) is 16.7 Å². The summed E-state index contributed by atoms with van der Waals surface area (Å²) in [4.78, 5) is 17.1. The summed E-state index contributed by atoms with van der Waals surface area (Å²) in [6.07, 6.45) is 1.74. The predicted octanol–water partition coefficient (Wildman–Crippen LogP) is 4.74. The van der Waals surface area contributed by atoms with Gasteiger partial charge in [-0.15, -0.1) is 10.2 Å². The topological polar surface area (TPSA) is 72.7 Å². The van der Waals surface area contributed by atoms with Crippen LogP contribution in [0.3, 0.4) is 0 Å². The molecule has 4 aromatic rings. The average molecular weight is 430 g/mol. The second kappa shape index (κ2) is 9.57. The fourth-order valence-corrected chi connectivity index (χ4v) is 4.04. The predicted molar refractivity (Wildman–Crippen MR) is 124 cm³/mol. The van der Waals surface area contributed by atoms with Crippen molar-refractivity contribution in [1.29, 1.82) is 0 Å². The van der Waals surface area contributed by atoms with Crippen molar-refractivity contribution in [2.75, 3.05) is 11.1 Å². The number of aryl methyl sites for hydroxylation is 2. The van der Waals surface area contributed by atoms with Gasteiger partial charge in [0.05, 0.1) is 12.3 Å². The fourth-order valence-electron chi connectivity index (χ4n) is 3.31. The molecule has 6 nitrogen and oxygen atoms in total. The van der Waals surface area contributed by atoms with Crippen molar-refractivity contribution in [3.05, 3.63) is 89.6 Å². The van der Waals surface area contributed by atoms with E-state index >= 15 is 0 Å². The third-order valence-corrected chi connectivity index (χ3v) is 5.84. The second-order valence-electron chi connectivity index (χ2n) is 7.20. The highest BCUT2D eigenvalue weighted by molar-refractivity contribution is 7.99. The standard InChI is InChI=1S/C24H23N5OS/c1-17-9-8-10-18(2)22(17)26-21(30)16-31-24-28-27-23(20-13-6-7-14-25-20)29(24)15-19-11-4-3-5-12-19/h3-14H,15-16H2,1-2H3,(H,26,30). The Morgan fingerprint density at radius 1 is 0.935 bits per heavy atom. The zero-order chi connectivity index (χ0) is 21.6. The molecule has 4 rings (SSSR count). The van der Waals surface area contributed by atoms with E-state index in [1.165, 1.54) is 11.8 Å². The molecular weight excluding hydrogens is 406 g/mol. The van der Waals surface area contributed by atoms with E-state index in [1.54, 1.807) is 6.20 Å². The van der Waals surface area contributed by atoms with E-state index in [2.05, 4.69) is 32.6 Å². The lowest BCUT2D eigenvalue weighted by Gasteiger charge is -2.12. The number of hydrogen-bond donors (Lipinski definition) is 1. The van der Waals surface area contributed by atoms with Crippen LogP contribution in [0.5, 0.6) is 0 Å². The van der Waals surface area contributed by atoms with Crippen LogP contribution in [0.25, 0.3) is 11.5 Å². The zero-order valence-corrected chi connectivity index (χ0v) is 18.3. The highest BCUT2D eigenvalue weighted by Crippen LogP contribution is 2.25. The number of carbonyl (C=O) groups excluding carboxylic acids is 1. The number of rotatable bonds is 7. The molecule has 7 heteroatoms. The molecular formula is C24H23N5OS. The van der Waals surface area contributed by atoms with Gasteiger partial charge < -0.3 is 5.32 Å². The normalized spacial score (nSPS) is 10.8. The van der Waals surface area contributed by atoms with Gasteiger partial charge in [-0.05, 0) is 42.7 Å². The summed E-state index contributed by atoms with van der Waals surface area (Å²) in [5.41, 5.74) is 4.83. The molecule has 1 N–H and O–H groups in total. The number of nitrogens with one attached hydrogen (secondary N) is 1. The first-order chi connectivity index (χ1) is 15.1. The van der Waals surface area contributed by atoms with E-state index in [1.807, 2.05) is 73.0 Å². The quantitative estimate of drug-likeness (QED) is 0.430. The van der Waals surface area contributed by atoms with Gasteiger partial charge in [0.2, 0.25) is 5.91 Å². The summed E-state index contributed by atoms with van der Waals surface area (Å²) in [5.74, 6) is 0.848. The molecule has 0 spiro atoms. The minimum absolute atomic E-state index is 0.0731. The van der Waals surface area contributed by atoms with Gasteiger partial charge in [0.15, 0.2) is 11.0 Å². The molecule has 0 aliphatic rings. The summed E-state index contributed by atoms with van der Waals surface area (Å²) >= 11 is 1.37. The molecule has 0 radical (unpaired) electrons. The maximum atomic E-state index is 12.6. The largest absolute Gasteiger partial charge is 0.325 e. The summed E-state index contributed by atoms with van der Waals surface area (Å²) < 4.78 is 2.01. The van der Waals surface area contributed by atoms with Gasteiger partial charge >= 0.3 is 0 Å². The van der Waals surface area contributed by atoms with Crippen molar-refractivity contribution >= 4 is 23.4 Å². The lowest BCUT2D eigenvalue weighted by atomic mass is 10.1. The molecule has 2 heterocycles. The summed E-state index contributed by atoms with van der Waals surface area (Å²) in [6, 6.07) is 21.8. The fraction of sp³-hybridized carbons (Fsp3) is 0.167. The number of thioether (sulfide) groups is 1.